The lowest BCUT2D eigenvalue weighted by atomic mass is 10.1. The minimum atomic E-state index is 0.519. The molecule has 14 heavy (non-hydrogen) atoms. The first-order chi connectivity index (χ1) is 6.75. The number of hydrogen-bond acceptors (Lipinski definition) is 1. The Morgan fingerprint density at radius 1 is 1.00 bits per heavy atom. The van der Waals surface area contributed by atoms with Crippen molar-refractivity contribution in [1.29, 1.82) is 0 Å². The Morgan fingerprint density at radius 3 is 2.36 bits per heavy atom. The van der Waals surface area contributed by atoms with Crippen molar-refractivity contribution in [3.8, 4) is 11.3 Å². The van der Waals surface area contributed by atoms with Crippen LogP contribution in [0, 0.1) is 0 Å². The van der Waals surface area contributed by atoms with Crippen LogP contribution < -0.4 is 0 Å². The second-order valence-electron chi connectivity index (χ2n) is 2.85. The fourth-order valence-corrected chi connectivity index (χ4v) is 1.62. The maximum absolute atomic E-state index is 5.81. The Balaban J connectivity index is 2.44. The highest BCUT2D eigenvalue weighted by Gasteiger charge is 1.98. The maximum Gasteiger partial charge on any atom is 0.129 e. The number of benzene rings is 1. The quantitative estimate of drug-likeness (QED) is 0.708. The van der Waals surface area contributed by atoms with Gasteiger partial charge in [-0.1, -0.05) is 45.7 Å². The predicted molar refractivity (Wildman–Crippen MR) is 62.4 cm³/mol. The molecule has 0 N–H and O–H groups in total. The summed E-state index contributed by atoms with van der Waals surface area (Å²) in [6.07, 6.45) is 0. The van der Waals surface area contributed by atoms with Gasteiger partial charge in [-0.2, -0.15) is 0 Å². The lowest BCUT2D eigenvalue weighted by molar-refractivity contribution is 1.32. The van der Waals surface area contributed by atoms with Crippen LogP contribution in [0.1, 0.15) is 0 Å². The Morgan fingerprint density at radius 2 is 1.71 bits per heavy atom. The summed E-state index contributed by atoms with van der Waals surface area (Å²) in [5.74, 6) is 0. The molecule has 0 atom stereocenters. The second-order valence-corrected chi connectivity index (χ2v) is 4.16. The van der Waals surface area contributed by atoms with E-state index in [0.29, 0.717) is 5.15 Å². The van der Waals surface area contributed by atoms with Gasteiger partial charge in [0.1, 0.15) is 5.15 Å². The highest BCUT2D eigenvalue weighted by molar-refractivity contribution is 9.10. The van der Waals surface area contributed by atoms with Gasteiger partial charge in [-0.05, 0) is 24.3 Å². The molecule has 1 aromatic carbocycles. The minimum Gasteiger partial charge on any atom is -0.236 e. The summed E-state index contributed by atoms with van der Waals surface area (Å²) in [6, 6.07) is 13.6. The van der Waals surface area contributed by atoms with Gasteiger partial charge in [0.15, 0.2) is 0 Å². The average molecular weight is 269 g/mol. The number of aromatic nitrogens is 1. The Bertz CT molecular complexity index is 439. The monoisotopic (exact) mass is 267 g/mol. The van der Waals surface area contributed by atoms with E-state index in [1.165, 1.54) is 0 Å². The van der Waals surface area contributed by atoms with Crippen LogP contribution in [-0.4, -0.2) is 4.98 Å². The summed E-state index contributed by atoms with van der Waals surface area (Å²) < 4.78 is 1.06. The first-order valence-electron chi connectivity index (χ1n) is 4.14. The summed E-state index contributed by atoms with van der Waals surface area (Å²) in [7, 11) is 0. The molecule has 0 spiro atoms. The summed E-state index contributed by atoms with van der Waals surface area (Å²) in [5.41, 5.74) is 1.96. The Hall–Kier alpha value is -0.860. The molecule has 0 aliphatic rings. The van der Waals surface area contributed by atoms with Gasteiger partial charge >= 0.3 is 0 Å². The molecule has 0 saturated carbocycles. The highest BCUT2D eigenvalue weighted by Crippen LogP contribution is 2.20. The van der Waals surface area contributed by atoms with Gasteiger partial charge in [-0.15, -0.1) is 0 Å². The van der Waals surface area contributed by atoms with E-state index in [0.717, 1.165) is 15.7 Å². The van der Waals surface area contributed by atoms with Crippen molar-refractivity contribution in [3.05, 3.63) is 52.1 Å². The third-order valence-corrected chi connectivity index (χ3v) is 2.59. The zero-order valence-electron chi connectivity index (χ0n) is 7.24. The largest absolute Gasteiger partial charge is 0.236 e. The number of nitrogens with zero attached hydrogens (tertiary/aromatic N) is 1. The number of rotatable bonds is 1. The van der Waals surface area contributed by atoms with E-state index >= 15 is 0 Å². The summed E-state index contributed by atoms with van der Waals surface area (Å²) in [4.78, 5) is 4.22. The van der Waals surface area contributed by atoms with Crippen LogP contribution in [0.2, 0.25) is 5.15 Å². The van der Waals surface area contributed by atoms with Crippen molar-refractivity contribution < 1.29 is 0 Å². The molecule has 1 heterocycles. The minimum absolute atomic E-state index is 0.519. The Kier molecular flexibility index (Phi) is 2.85. The summed E-state index contributed by atoms with van der Waals surface area (Å²) in [5, 5.41) is 0.519. The number of pyridine rings is 1. The van der Waals surface area contributed by atoms with E-state index in [1.807, 2.05) is 36.4 Å². The predicted octanol–water partition coefficient (Wildman–Crippen LogP) is 4.16. The first kappa shape index (κ1) is 9.69. The molecule has 0 radical (unpaired) electrons. The topological polar surface area (TPSA) is 12.9 Å². The van der Waals surface area contributed by atoms with E-state index in [-0.39, 0.29) is 0 Å². The summed E-state index contributed by atoms with van der Waals surface area (Å²) >= 11 is 9.19. The zero-order valence-corrected chi connectivity index (χ0v) is 9.59. The standard InChI is InChI=1S/C11H7BrClN/c12-9-6-4-8(5-7-9)10-2-1-3-11(13)14-10/h1-7H. The van der Waals surface area contributed by atoms with Crippen molar-refractivity contribution in [3.63, 3.8) is 0 Å². The van der Waals surface area contributed by atoms with Crippen molar-refractivity contribution in [2.45, 2.75) is 0 Å². The average Bonchev–Trinajstić information content (AvgIpc) is 2.19. The van der Waals surface area contributed by atoms with Crippen molar-refractivity contribution in [1.82, 2.24) is 4.98 Å². The summed E-state index contributed by atoms with van der Waals surface area (Å²) in [6.45, 7) is 0. The van der Waals surface area contributed by atoms with E-state index in [4.69, 9.17) is 11.6 Å². The molecule has 0 bridgehead atoms. The molecular weight excluding hydrogens is 261 g/mol. The molecule has 0 aliphatic heterocycles. The lowest BCUT2D eigenvalue weighted by Gasteiger charge is -2.00. The number of hydrogen-bond donors (Lipinski definition) is 0. The zero-order chi connectivity index (χ0) is 9.97. The Labute approximate surface area is 95.9 Å². The van der Waals surface area contributed by atoms with Gasteiger partial charge in [-0.25, -0.2) is 4.98 Å². The number of halogens is 2. The molecule has 0 unspecified atom stereocenters. The molecule has 1 nitrogen and oxygen atoms in total. The van der Waals surface area contributed by atoms with Gasteiger partial charge in [-0.3, -0.25) is 0 Å². The normalized spacial score (nSPS) is 10.1. The molecule has 3 heteroatoms. The smallest absolute Gasteiger partial charge is 0.129 e. The molecular formula is C11H7BrClN. The van der Waals surface area contributed by atoms with Gasteiger partial charge in [0.25, 0.3) is 0 Å². The maximum atomic E-state index is 5.81. The van der Waals surface area contributed by atoms with E-state index in [2.05, 4.69) is 20.9 Å². The van der Waals surface area contributed by atoms with Crippen molar-refractivity contribution >= 4 is 27.5 Å². The van der Waals surface area contributed by atoms with Crippen LogP contribution in [-0.2, 0) is 0 Å². The second kappa shape index (κ2) is 4.11. The molecule has 0 aliphatic carbocycles. The third kappa shape index (κ3) is 2.14. The third-order valence-electron chi connectivity index (χ3n) is 1.86. The molecule has 0 saturated heterocycles. The lowest BCUT2D eigenvalue weighted by Crippen LogP contribution is -1.82. The molecule has 2 aromatic rings. The van der Waals surface area contributed by atoms with Gasteiger partial charge < -0.3 is 0 Å². The van der Waals surface area contributed by atoms with Crippen molar-refractivity contribution in [2.75, 3.05) is 0 Å². The van der Waals surface area contributed by atoms with Gasteiger partial charge in [0.2, 0.25) is 0 Å². The van der Waals surface area contributed by atoms with Gasteiger partial charge in [0.05, 0.1) is 5.69 Å². The van der Waals surface area contributed by atoms with Crippen LogP contribution in [0.25, 0.3) is 11.3 Å². The van der Waals surface area contributed by atoms with Gasteiger partial charge in [0, 0.05) is 10.0 Å². The van der Waals surface area contributed by atoms with E-state index < -0.39 is 0 Å². The van der Waals surface area contributed by atoms with Crippen LogP contribution in [0.3, 0.4) is 0 Å². The fourth-order valence-electron chi connectivity index (χ4n) is 1.19. The first-order valence-corrected chi connectivity index (χ1v) is 5.31. The van der Waals surface area contributed by atoms with E-state index in [9.17, 15) is 0 Å². The SMILES string of the molecule is Clc1cccc(-c2ccc(Br)cc2)n1. The highest BCUT2D eigenvalue weighted by atomic mass is 79.9. The molecule has 70 valence electrons. The molecule has 1 aromatic heterocycles. The fraction of sp³-hybridized carbons (Fsp3) is 0. The van der Waals surface area contributed by atoms with Crippen LogP contribution in [0.15, 0.2) is 46.9 Å². The molecule has 0 amide bonds. The van der Waals surface area contributed by atoms with Crippen LogP contribution >= 0.6 is 27.5 Å². The van der Waals surface area contributed by atoms with E-state index in [1.54, 1.807) is 6.07 Å². The molecule has 0 fully saturated rings. The van der Waals surface area contributed by atoms with Crippen LogP contribution in [0.5, 0.6) is 0 Å². The van der Waals surface area contributed by atoms with Crippen LogP contribution in [0.4, 0.5) is 0 Å². The molecule has 2 rings (SSSR count). The van der Waals surface area contributed by atoms with Crippen molar-refractivity contribution in [2.24, 2.45) is 0 Å².